The van der Waals surface area contributed by atoms with Crippen LogP contribution in [0.15, 0.2) is 47.5 Å². The van der Waals surface area contributed by atoms with Gasteiger partial charge in [0.05, 0.1) is 18.4 Å². The van der Waals surface area contributed by atoms with Crippen molar-refractivity contribution < 1.29 is 14.3 Å². The number of methoxy groups -OCH3 is 1. The number of aromatic nitrogens is 1. The minimum absolute atomic E-state index is 0.280. The molecular formula is C18H18N2O3S. The van der Waals surface area contributed by atoms with Crippen molar-refractivity contribution >= 4 is 27.5 Å². The minimum atomic E-state index is -0.280. The van der Waals surface area contributed by atoms with Crippen LogP contribution < -0.4 is 14.3 Å². The SMILES string of the molecule is CCOc1cccc2sc(=NC(=O)c3ccc(OC)cc3)n(C)c12. The molecule has 0 unspecified atom stereocenters. The lowest BCUT2D eigenvalue weighted by molar-refractivity contribution is 0.0998. The second kappa shape index (κ2) is 6.88. The van der Waals surface area contributed by atoms with Crippen LogP contribution in [0.1, 0.15) is 17.3 Å². The highest BCUT2D eigenvalue weighted by molar-refractivity contribution is 7.16. The zero-order chi connectivity index (χ0) is 17.1. The lowest BCUT2D eigenvalue weighted by Gasteiger charge is -2.05. The maximum atomic E-state index is 12.4. The predicted molar refractivity (Wildman–Crippen MR) is 94.9 cm³/mol. The van der Waals surface area contributed by atoms with Gasteiger partial charge in [-0.25, -0.2) is 0 Å². The number of nitrogens with zero attached hydrogens (tertiary/aromatic N) is 2. The predicted octanol–water partition coefficient (Wildman–Crippen LogP) is 3.39. The molecule has 2 aromatic carbocycles. The van der Waals surface area contributed by atoms with Gasteiger partial charge in [-0.3, -0.25) is 4.79 Å². The molecule has 0 N–H and O–H groups in total. The van der Waals surface area contributed by atoms with E-state index in [2.05, 4.69) is 4.99 Å². The van der Waals surface area contributed by atoms with Gasteiger partial charge in [0.25, 0.3) is 5.91 Å². The summed E-state index contributed by atoms with van der Waals surface area (Å²) in [5.41, 5.74) is 1.48. The molecular weight excluding hydrogens is 324 g/mol. The Morgan fingerprint density at radius 2 is 1.96 bits per heavy atom. The lowest BCUT2D eigenvalue weighted by Crippen LogP contribution is -2.13. The molecule has 24 heavy (non-hydrogen) atoms. The van der Waals surface area contributed by atoms with Gasteiger partial charge in [-0.1, -0.05) is 17.4 Å². The first-order valence-electron chi connectivity index (χ1n) is 7.58. The number of hydrogen-bond acceptors (Lipinski definition) is 4. The van der Waals surface area contributed by atoms with Gasteiger partial charge >= 0.3 is 0 Å². The third-order valence-corrected chi connectivity index (χ3v) is 4.72. The van der Waals surface area contributed by atoms with Gasteiger partial charge in [0.2, 0.25) is 0 Å². The molecule has 0 atom stereocenters. The average Bonchev–Trinajstić information content (AvgIpc) is 2.92. The molecule has 3 aromatic rings. The zero-order valence-corrected chi connectivity index (χ0v) is 14.6. The summed E-state index contributed by atoms with van der Waals surface area (Å²) in [6.07, 6.45) is 0. The van der Waals surface area contributed by atoms with Gasteiger partial charge in [0.15, 0.2) is 4.80 Å². The van der Waals surface area contributed by atoms with Gasteiger partial charge in [0, 0.05) is 12.6 Å². The Bertz CT molecular complexity index is 939. The number of carbonyl (C=O) groups is 1. The third kappa shape index (κ3) is 3.05. The van der Waals surface area contributed by atoms with Gasteiger partial charge in [-0.15, -0.1) is 0 Å². The quantitative estimate of drug-likeness (QED) is 0.730. The highest BCUT2D eigenvalue weighted by Crippen LogP contribution is 2.26. The maximum absolute atomic E-state index is 12.4. The Hall–Kier alpha value is -2.60. The first-order chi connectivity index (χ1) is 11.6. The standard InChI is InChI=1S/C18H18N2O3S/c1-4-23-14-6-5-7-15-16(14)20(2)18(24-15)19-17(21)12-8-10-13(22-3)11-9-12/h5-11H,4H2,1-3H3. The van der Waals surface area contributed by atoms with Crippen molar-refractivity contribution in [1.29, 1.82) is 0 Å². The second-order valence-electron chi connectivity index (χ2n) is 5.13. The average molecular weight is 342 g/mol. The number of para-hydroxylation sites is 1. The van der Waals surface area contributed by atoms with Crippen LogP contribution in [0.3, 0.4) is 0 Å². The number of amides is 1. The Morgan fingerprint density at radius 3 is 2.62 bits per heavy atom. The van der Waals surface area contributed by atoms with Crippen molar-refractivity contribution in [2.45, 2.75) is 6.92 Å². The molecule has 1 amide bonds. The molecule has 0 bridgehead atoms. The highest BCUT2D eigenvalue weighted by Gasteiger charge is 2.11. The van der Waals surface area contributed by atoms with Crippen molar-refractivity contribution in [1.82, 2.24) is 4.57 Å². The van der Waals surface area contributed by atoms with Crippen LogP contribution in [0, 0.1) is 0 Å². The fraction of sp³-hybridized carbons (Fsp3) is 0.222. The zero-order valence-electron chi connectivity index (χ0n) is 13.8. The summed E-state index contributed by atoms with van der Waals surface area (Å²) >= 11 is 1.47. The van der Waals surface area contributed by atoms with E-state index < -0.39 is 0 Å². The fourth-order valence-corrected chi connectivity index (χ4v) is 3.47. The van der Waals surface area contributed by atoms with E-state index in [4.69, 9.17) is 9.47 Å². The summed E-state index contributed by atoms with van der Waals surface area (Å²) in [6, 6.07) is 12.8. The van der Waals surface area contributed by atoms with Crippen LogP contribution in [-0.2, 0) is 7.05 Å². The molecule has 0 saturated heterocycles. The molecule has 5 nitrogen and oxygen atoms in total. The summed E-state index contributed by atoms with van der Waals surface area (Å²) in [5.74, 6) is 1.23. The Balaban J connectivity index is 2.04. The van der Waals surface area contributed by atoms with E-state index in [1.807, 2.05) is 36.7 Å². The van der Waals surface area contributed by atoms with Gasteiger partial charge in [-0.2, -0.15) is 4.99 Å². The van der Waals surface area contributed by atoms with Crippen LogP contribution in [-0.4, -0.2) is 24.2 Å². The first-order valence-corrected chi connectivity index (χ1v) is 8.40. The first kappa shape index (κ1) is 16.3. The molecule has 3 rings (SSSR count). The highest BCUT2D eigenvalue weighted by atomic mass is 32.1. The van der Waals surface area contributed by atoms with E-state index in [0.717, 1.165) is 16.0 Å². The van der Waals surface area contributed by atoms with E-state index >= 15 is 0 Å². The number of thiazole rings is 1. The van der Waals surface area contributed by atoms with Gasteiger partial charge in [0.1, 0.15) is 17.0 Å². The third-order valence-electron chi connectivity index (χ3n) is 3.62. The molecule has 1 heterocycles. The topological polar surface area (TPSA) is 52.8 Å². The smallest absolute Gasteiger partial charge is 0.279 e. The molecule has 1 aromatic heterocycles. The molecule has 0 radical (unpaired) electrons. The molecule has 0 spiro atoms. The van der Waals surface area contributed by atoms with Crippen molar-refractivity contribution in [3.63, 3.8) is 0 Å². The summed E-state index contributed by atoms with van der Waals surface area (Å²) in [7, 11) is 3.48. The summed E-state index contributed by atoms with van der Waals surface area (Å²) < 4.78 is 13.7. The molecule has 0 aliphatic carbocycles. The number of fused-ring (bicyclic) bond motifs is 1. The normalized spacial score (nSPS) is 11.7. The summed E-state index contributed by atoms with van der Waals surface area (Å²) in [4.78, 5) is 17.3. The monoisotopic (exact) mass is 342 g/mol. The summed E-state index contributed by atoms with van der Waals surface area (Å²) in [6.45, 7) is 2.54. The number of carbonyl (C=O) groups excluding carboxylic acids is 1. The van der Waals surface area contributed by atoms with E-state index in [-0.39, 0.29) is 5.91 Å². The molecule has 0 aliphatic heterocycles. The number of ether oxygens (including phenoxy) is 2. The van der Waals surface area contributed by atoms with Gasteiger partial charge < -0.3 is 14.0 Å². The maximum Gasteiger partial charge on any atom is 0.279 e. The molecule has 124 valence electrons. The number of rotatable bonds is 4. The number of hydrogen-bond donors (Lipinski definition) is 0. The van der Waals surface area contributed by atoms with E-state index in [9.17, 15) is 4.79 Å². The molecule has 0 fully saturated rings. The van der Waals surface area contributed by atoms with Crippen molar-refractivity contribution in [3.8, 4) is 11.5 Å². The van der Waals surface area contributed by atoms with Crippen molar-refractivity contribution in [3.05, 3.63) is 52.8 Å². The van der Waals surface area contributed by atoms with Crippen LogP contribution >= 0.6 is 11.3 Å². The molecule has 6 heteroatoms. The van der Waals surface area contributed by atoms with E-state index in [1.165, 1.54) is 11.3 Å². The van der Waals surface area contributed by atoms with Gasteiger partial charge in [-0.05, 0) is 43.3 Å². The largest absolute Gasteiger partial charge is 0.497 e. The van der Waals surface area contributed by atoms with Crippen molar-refractivity contribution in [2.75, 3.05) is 13.7 Å². The summed E-state index contributed by atoms with van der Waals surface area (Å²) in [5, 5.41) is 0. The van der Waals surface area contributed by atoms with Crippen LogP contribution in [0.4, 0.5) is 0 Å². The lowest BCUT2D eigenvalue weighted by atomic mass is 10.2. The second-order valence-corrected chi connectivity index (χ2v) is 6.13. The van der Waals surface area contributed by atoms with Crippen LogP contribution in [0.25, 0.3) is 10.2 Å². The molecule has 0 saturated carbocycles. The number of aryl methyl sites for hydroxylation is 1. The molecule has 0 aliphatic rings. The van der Waals surface area contributed by atoms with E-state index in [0.29, 0.717) is 22.7 Å². The van der Waals surface area contributed by atoms with E-state index in [1.54, 1.807) is 31.4 Å². The van der Waals surface area contributed by atoms with Crippen LogP contribution in [0.5, 0.6) is 11.5 Å². The number of benzene rings is 2. The Kier molecular flexibility index (Phi) is 4.66. The fourth-order valence-electron chi connectivity index (χ4n) is 2.43. The minimum Gasteiger partial charge on any atom is -0.497 e. The Labute approximate surface area is 143 Å². The Morgan fingerprint density at radius 1 is 1.21 bits per heavy atom. The van der Waals surface area contributed by atoms with Crippen molar-refractivity contribution in [2.24, 2.45) is 12.0 Å². The van der Waals surface area contributed by atoms with Crippen LogP contribution in [0.2, 0.25) is 0 Å².